The SMILES string of the molecule is CC1COC(=O)N1C(=O)CC(S)c1ccccc1.Cc1ccccc1. The maximum absolute atomic E-state index is 12.0. The number of ether oxygens (including phenoxy) is 1. The number of thiol groups is 1. The number of imide groups is 1. The highest BCUT2D eigenvalue weighted by molar-refractivity contribution is 7.80. The van der Waals surface area contributed by atoms with Crippen LogP contribution < -0.4 is 0 Å². The lowest BCUT2D eigenvalue weighted by Crippen LogP contribution is -2.37. The summed E-state index contributed by atoms with van der Waals surface area (Å²) in [7, 11) is 0. The Hall–Kier alpha value is -2.27. The maximum Gasteiger partial charge on any atom is 0.416 e. The van der Waals surface area contributed by atoms with E-state index in [1.165, 1.54) is 10.5 Å². The zero-order valence-corrected chi connectivity index (χ0v) is 15.4. The van der Waals surface area contributed by atoms with Gasteiger partial charge in [-0.2, -0.15) is 12.6 Å². The van der Waals surface area contributed by atoms with E-state index in [2.05, 4.69) is 31.7 Å². The normalized spacial score (nSPS) is 17.3. The number of rotatable bonds is 3. The monoisotopic (exact) mass is 357 g/mol. The number of hydrogen-bond donors (Lipinski definition) is 1. The third-order valence-corrected chi connectivity index (χ3v) is 4.33. The van der Waals surface area contributed by atoms with Gasteiger partial charge >= 0.3 is 6.09 Å². The lowest BCUT2D eigenvalue weighted by molar-refractivity contribution is -0.128. The van der Waals surface area contributed by atoms with Gasteiger partial charge in [-0.3, -0.25) is 4.79 Å². The quantitative estimate of drug-likeness (QED) is 0.828. The Kier molecular flexibility index (Phi) is 7.07. The minimum absolute atomic E-state index is 0.187. The first kappa shape index (κ1) is 19.1. The zero-order chi connectivity index (χ0) is 18.2. The average Bonchev–Trinajstić information content (AvgIpc) is 2.95. The minimum Gasteiger partial charge on any atom is -0.447 e. The van der Waals surface area contributed by atoms with Crippen LogP contribution in [-0.2, 0) is 9.53 Å². The summed E-state index contributed by atoms with van der Waals surface area (Å²) >= 11 is 4.41. The number of amides is 2. The Balaban J connectivity index is 0.000000269. The van der Waals surface area contributed by atoms with Crippen LogP contribution in [0.5, 0.6) is 0 Å². The van der Waals surface area contributed by atoms with E-state index >= 15 is 0 Å². The van der Waals surface area contributed by atoms with Crippen LogP contribution in [0.1, 0.15) is 29.7 Å². The van der Waals surface area contributed by atoms with Crippen molar-refractivity contribution in [1.29, 1.82) is 0 Å². The van der Waals surface area contributed by atoms with Crippen molar-refractivity contribution in [3.63, 3.8) is 0 Å². The molecule has 1 aliphatic heterocycles. The van der Waals surface area contributed by atoms with E-state index in [0.29, 0.717) is 0 Å². The van der Waals surface area contributed by atoms with Crippen LogP contribution in [0.15, 0.2) is 60.7 Å². The molecule has 1 heterocycles. The van der Waals surface area contributed by atoms with Gasteiger partial charge in [0.25, 0.3) is 0 Å². The second-order valence-electron chi connectivity index (χ2n) is 5.97. The van der Waals surface area contributed by atoms with Crippen molar-refractivity contribution >= 4 is 24.6 Å². The van der Waals surface area contributed by atoms with E-state index in [1.54, 1.807) is 6.92 Å². The van der Waals surface area contributed by atoms with Gasteiger partial charge < -0.3 is 4.74 Å². The maximum atomic E-state index is 12.0. The number of carbonyl (C=O) groups is 2. The fraction of sp³-hybridized carbons (Fsp3) is 0.300. The second kappa shape index (κ2) is 9.28. The van der Waals surface area contributed by atoms with Crippen molar-refractivity contribution in [3.8, 4) is 0 Å². The van der Waals surface area contributed by atoms with Crippen LogP contribution in [0.3, 0.4) is 0 Å². The van der Waals surface area contributed by atoms with Crippen molar-refractivity contribution in [2.45, 2.75) is 31.6 Å². The molecule has 1 aliphatic rings. The van der Waals surface area contributed by atoms with E-state index in [1.807, 2.05) is 48.5 Å². The van der Waals surface area contributed by atoms with Crippen molar-refractivity contribution in [1.82, 2.24) is 4.90 Å². The second-order valence-corrected chi connectivity index (χ2v) is 6.60. The number of benzene rings is 2. The zero-order valence-electron chi connectivity index (χ0n) is 14.5. The molecule has 1 saturated heterocycles. The lowest BCUT2D eigenvalue weighted by atomic mass is 10.1. The highest BCUT2D eigenvalue weighted by Crippen LogP contribution is 2.25. The van der Waals surface area contributed by atoms with Gasteiger partial charge in [0.2, 0.25) is 5.91 Å². The highest BCUT2D eigenvalue weighted by Gasteiger charge is 2.35. The van der Waals surface area contributed by atoms with E-state index in [9.17, 15) is 9.59 Å². The smallest absolute Gasteiger partial charge is 0.416 e. The summed E-state index contributed by atoms with van der Waals surface area (Å²) < 4.78 is 4.83. The van der Waals surface area contributed by atoms with E-state index in [-0.39, 0.29) is 30.2 Å². The summed E-state index contributed by atoms with van der Waals surface area (Å²) in [6.45, 7) is 4.14. The average molecular weight is 357 g/mol. The summed E-state index contributed by atoms with van der Waals surface area (Å²) in [6, 6.07) is 19.6. The predicted molar refractivity (Wildman–Crippen MR) is 102 cm³/mol. The first-order valence-electron chi connectivity index (χ1n) is 8.22. The minimum atomic E-state index is -0.555. The number of aryl methyl sites for hydroxylation is 1. The summed E-state index contributed by atoms with van der Waals surface area (Å²) in [5.74, 6) is -0.242. The number of carbonyl (C=O) groups excluding carboxylic acids is 2. The van der Waals surface area contributed by atoms with Crippen LogP contribution in [-0.4, -0.2) is 29.5 Å². The van der Waals surface area contributed by atoms with Gasteiger partial charge in [-0.1, -0.05) is 66.2 Å². The summed E-state index contributed by atoms with van der Waals surface area (Å²) in [6.07, 6.45) is -0.367. The van der Waals surface area contributed by atoms with Gasteiger partial charge in [-0.05, 0) is 19.4 Å². The molecule has 0 bridgehead atoms. The van der Waals surface area contributed by atoms with Crippen LogP contribution in [0.2, 0.25) is 0 Å². The van der Waals surface area contributed by atoms with Crippen LogP contribution in [0.25, 0.3) is 0 Å². The van der Waals surface area contributed by atoms with Crippen LogP contribution in [0, 0.1) is 6.92 Å². The van der Waals surface area contributed by atoms with E-state index < -0.39 is 6.09 Å². The molecular formula is C20H23NO3S. The van der Waals surface area contributed by atoms with E-state index in [0.717, 1.165) is 5.56 Å². The molecule has 0 radical (unpaired) electrons. The molecule has 3 rings (SSSR count). The topological polar surface area (TPSA) is 46.6 Å². The molecule has 2 atom stereocenters. The number of hydrogen-bond acceptors (Lipinski definition) is 4. The van der Waals surface area contributed by atoms with Gasteiger partial charge in [0, 0.05) is 11.7 Å². The summed E-state index contributed by atoms with van der Waals surface area (Å²) in [5.41, 5.74) is 2.29. The molecule has 2 aromatic carbocycles. The molecule has 0 aliphatic carbocycles. The van der Waals surface area contributed by atoms with Gasteiger partial charge in [0.1, 0.15) is 6.61 Å². The third kappa shape index (κ3) is 5.64. The van der Waals surface area contributed by atoms with Crippen molar-refractivity contribution in [2.24, 2.45) is 0 Å². The predicted octanol–water partition coefficient (Wildman–Crippen LogP) is 4.41. The van der Waals surface area contributed by atoms with Crippen molar-refractivity contribution in [2.75, 3.05) is 6.61 Å². The van der Waals surface area contributed by atoms with Crippen LogP contribution >= 0.6 is 12.6 Å². The first-order chi connectivity index (χ1) is 12.0. The molecule has 0 aromatic heterocycles. The van der Waals surface area contributed by atoms with Crippen molar-refractivity contribution < 1.29 is 14.3 Å². The van der Waals surface area contributed by atoms with Crippen LogP contribution in [0.4, 0.5) is 4.79 Å². The molecule has 5 heteroatoms. The fourth-order valence-electron chi connectivity index (χ4n) is 2.45. The largest absolute Gasteiger partial charge is 0.447 e. The molecule has 2 amide bonds. The molecule has 1 fully saturated rings. The lowest BCUT2D eigenvalue weighted by Gasteiger charge is -2.18. The molecule has 25 heavy (non-hydrogen) atoms. The Morgan fingerprint density at radius 3 is 2.16 bits per heavy atom. The van der Waals surface area contributed by atoms with Gasteiger partial charge in [-0.15, -0.1) is 0 Å². The van der Waals surface area contributed by atoms with E-state index in [4.69, 9.17) is 4.74 Å². The summed E-state index contributed by atoms with van der Waals surface area (Å²) in [4.78, 5) is 24.6. The highest BCUT2D eigenvalue weighted by atomic mass is 32.1. The van der Waals surface area contributed by atoms with Gasteiger partial charge in [0.05, 0.1) is 6.04 Å². The fourth-order valence-corrected chi connectivity index (χ4v) is 2.78. The molecule has 132 valence electrons. The number of cyclic esters (lactones) is 1. The Labute approximate surface area is 154 Å². The molecule has 4 nitrogen and oxygen atoms in total. The molecule has 0 spiro atoms. The van der Waals surface area contributed by atoms with Gasteiger partial charge in [-0.25, -0.2) is 9.69 Å². The van der Waals surface area contributed by atoms with Gasteiger partial charge in [0.15, 0.2) is 0 Å². The molecule has 2 unspecified atom stereocenters. The molecular weight excluding hydrogens is 334 g/mol. The first-order valence-corrected chi connectivity index (χ1v) is 8.74. The Morgan fingerprint density at radius 2 is 1.72 bits per heavy atom. The summed E-state index contributed by atoms with van der Waals surface area (Å²) in [5, 5.41) is -0.209. The molecule has 0 N–H and O–H groups in total. The molecule has 2 aromatic rings. The third-order valence-electron chi connectivity index (χ3n) is 3.85. The molecule has 0 saturated carbocycles. The Bertz CT molecular complexity index is 691. The standard InChI is InChI=1S/C13H15NO3S.C7H8/c1-9-8-17-13(16)14(9)12(15)7-11(18)10-5-3-2-4-6-10;1-7-5-3-2-4-6-7/h2-6,9,11,18H,7-8H2,1H3;2-6H,1H3. The Morgan fingerprint density at radius 1 is 1.16 bits per heavy atom. The van der Waals surface area contributed by atoms with Crippen molar-refractivity contribution in [3.05, 3.63) is 71.8 Å². The number of nitrogens with zero attached hydrogens (tertiary/aromatic N) is 1.